The second-order valence-corrected chi connectivity index (χ2v) is 5.45. The molecule has 0 unspecified atom stereocenters. The molecular weight excluding hydrogens is 267 g/mol. The van der Waals surface area contributed by atoms with E-state index in [2.05, 4.69) is 14.3 Å². The summed E-state index contributed by atoms with van der Waals surface area (Å²) in [5.74, 6) is -0.907. The van der Waals surface area contributed by atoms with Crippen LogP contribution in [0.5, 0.6) is 0 Å². The third kappa shape index (κ3) is 2.34. The molecule has 2 aromatic rings. The van der Waals surface area contributed by atoms with Gasteiger partial charge in [0.15, 0.2) is 0 Å². The minimum absolute atomic E-state index is 0.157. The summed E-state index contributed by atoms with van der Waals surface area (Å²) in [5.41, 5.74) is 5.29. The zero-order chi connectivity index (χ0) is 12.5. The molecular formula is C8H7FN4O2S2. The molecule has 0 radical (unpaired) electrons. The highest BCUT2D eigenvalue weighted by molar-refractivity contribution is 7.93. The topological polar surface area (TPSA) is 98.0 Å². The zero-order valence-electron chi connectivity index (χ0n) is 8.29. The van der Waals surface area contributed by atoms with Gasteiger partial charge >= 0.3 is 0 Å². The molecule has 6 nitrogen and oxygen atoms in total. The van der Waals surface area contributed by atoms with Crippen molar-refractivity contribution >= 4 is 32.2 Å². The highest BCUT2D eigenvalue weighted by Gasteiger charge is 2.22. The first-order chi connectivity index (χ1) is 8.00. The number of nitrogens with zero attached hydrogens (tertiary/aromatic N) is 2. The fourth-order valence-electron chi connectivity index (χ4n) is 1.20. The van der Waals surface area contributed by atoms with Crippen molar-refractivity contribution in [2.45, 2.75) is 4.90 Å². The van der Waals surface area contributed by atoms with Crippen LogP contribution in [-0.2, 0) is 10.0 Å². The number of aromatic nitrogens is 2. The third-order valence-corrected chi connectivity index (χ3v) is 4.03. The molecule has 0 aliphatic heterocycles. The van der Waals surface area contributed by atoms with Crippen molar-refractivity contribution in [1.29, 1.82) is 0 Å². The average molecular weight is 274 g/mol. The van der Waals surface area contributed by atoms with Crippen molar-refractivity contribution in [1.82, 2.24) is 9.59 Å². The fourth-order valence-corrected chi connectivity index (χ4v) is 3.08. The van der Waals surface area contributed by atoms with E-state index in [-0.39, 0.29) is 10.7 Å². The Bertz CT molecular complexity index is 607. The molecule has 17 heavy (non-hydrogen) atoms. The monoisotopic (exact) mass is 274 g/mol. The summed E-state index contributed by atoms with van der Waals surface area (Å²) < 4.78 is 42.8. The number of nitrogens with one attached hydrogen (secondary N) is 1. The normalized spacial score (nSPS) is 11.4. The highest BCUT2D eigenvalue weighted by Crippen LogP contribution is 2.24. The number of nitrogen functional groups attached to an aromatic ring is 1. The Hall–Kier alpha value is -1.74. The minimum Gasteiger partial charge on any atom is -0.398 e. The van der Waals surface area contributed by atoms with Crippen LogP contribution >= 0.6 is 11.5 Å². The van der Waals surface area contributed by atoms with Crippen molar-refractivity contribution in [3.05, 3.63) is 30.2 Å². The lowest BCUT2D eigenvalue weighted by atomic mass is 10.3. The lowest BCUT2D eigenvalue weighted by Crippen LogP contribution is -2.15. The van der Waals surface area contributed by atoms with E-state index in [1.165, 1.54) is 18.3 Å². The standard InChI is InChI=1S/C8H7FN4O2S2/c9-5-2-1-3-6(10)8(5)17(14,15)12-7-4-11-13-16-7/h1-4,12H,10H2. The number of rotatable bonds is 3. The second-order valence-electron chi connectivity index (χ2n) is 3.05. The van der Waals surface area contributed by atoms with Crippen LogP contribution in [0.15, 0.2) is 29.3 Å². The van der Waals surface area contributed by atoms with Gasteiger partial charge in [0, 0.05) is 11.5 Å². The number of hydrogen-bond acceptors (Lipinski definition) is 6. The number of hydrogen-bond donors (Lipinski definition) is 2. The second kappa shape index (κ2) is 4.26. The van der Waals surface area contributed by atoms with E-state index in [0.29, 0.717) is 0 Å². The number of halogens is 1. The van der Waals surface area contributed by atoms with Gasteiger partial charge in [-0.3, -0.25) is 4.72 Å². The maximum absolute atomic E-state index is 13.4. The van der Waals surface area contributed by atoms with E-state index in [0.717, 1.165) is 17.6 Å². The largest absolute Gasteiger partial charge is 0.398 e. The molecule has 1 aromatic carbocycles. The maximum atomic E-state index is 13.4. The van der Waals surface area contributed by atoms with Crippen molar-refractivity contribution in [2.24, 2.45) is 0 Å². The molecule has 9 heteroatoms. The number of anilines is 2. The first-order valence-corrected chi connectivity index (χ1v) is 6.60. The SMILES string of the molecule is Nc1cccc(F)c1S(=O)(=O)Nc1cnns1. The highest BCUT2D eigenvalue weighted by atomic mass is 32.2. The van der Waals surface area contributed by atoms with E-state index in [1.54, 1.807) is 0 Å². The molecule has 0 amide bonds. The molecule has 2 rings (SSSR count). The van der Waals surface area contributed by atoms with Gasteiger partial charge in [-0.15, -0.1) is 5.10 Å². The maximum Gasteiger partial charge on any atom is 0.267 e. The van der Waals surface area contributed by atoms with Crippen LogP contribution < -0.4 is 10.5 Å². The summed E-state index contributed by atoms with van der Waals surface area (Å²) in [6, 6.07) is 3.66. The molecule has 0 saturated carbocycles. The smallest absolute Gasteiger partial charge is 0.267 e. The predicted octanol–water partition coefficient (Wildman–Crippen LogP) is 1.06. The van der Waals surface area contributed by atoms with Crippen LogP contribution in [0.4, 0.5) is 15.1 Å². The van der Waals surface area contributed by atoms with Gasteiger partial charge in [0.25, 0.3) is 10.0 Å². The number of benzene rings is 1. The molecule has 90 valence electrons. The first-order valence-electron chi connectivity index (χ1n) is 4.35. The molecule has 0 bridgehead atoms. The lowest BCUT2D eigenvalue weighted by molar-refractivity contribution is 0.572. The van der Waals surface area contributed by atoms with Gasteiger partial charge in [0.05, 0.1) is 11.9 Å². The molecule has 0 aliphatic rings. The molecule has 0 atom stereocenters. The van der Waals surface area contributed by atoms with Gasteiger partial charge in [-0.05, 0) is 12.1 Å². The van der Waals surface area contributed by atoms with Gasteiger partial charge in [-0.2, -0.15) is 0 Å². The summed E-state index contributed by atoms with van der Waals surface area (Å²) in [7, 11) is -4.06. The third-order valence-electron chi connectivity index (χ3n) is 1.86. The van der Waals surface area contributed by atoms with Gasteiger partial charge < -0.3 is 5.73 Å². The Morgan fingerprint density at radius 3 is 2.76 bits per heavy atom. The van der Waals surface area contributed by atoms with Gasteiger partial charge in [0.1, 0.15) is 15.7 Å². The first kappa shape index (κ1) is 11.7. The predicted molar refractivity (Wildman–Crippen MR) is 61.5 cm³/mol. The Kier molecular flexibility index (Phi) is 2.94. The van der Waals surface area contributed by atoms with Crippen LogP contribution in [0.1, 0.15) is 0 Å². The molecule has 3 N–H and O–H groups in total. The summed E-state index contributed by atoms with van der Waals surface area (Å²) in [6.07, 6.45) is 1.22. The fraction of sp³-hybridized carbons (Fsp3) is 0. The lowest BCUT2D eigenvalue weighted by Gasteiger charge is -2.08. The van der Waals surface area contributed by atoms with Crippen molar-refractivity contribution < 1.29 is 12.8 Å². The van der Waals surface area contributed by atoms with E-state index in [1.807, 2.05) is 0 Å². The minimum atomic E-state index is -4.06. The van der Waals surface area contributed by atoms with Crippen LogP contribution in [0.3, 0.4) is 0 Å². The van der Waals surface area contributed by atoms with Crippen molar-refractivity contribution in [3.63, 3.8) is 0 Å². The summed E-state index contributed by atoms with van der Waals surface area (Å²) >= 11 is 0.842. The Morgan fingerprint density at radius 2 is 2.18 bits per heavy atom. The average Bonchev–Trinajstić information content (AvgIpc) is 2.68. The van der Waals surface area contributed by atoms with Crippen molar-refractivity contribution in [3.8, 4) is 0 Å². The van der Waals surface area contributed by atoms with Crippen molar-refractivity contribution in [2.75, 3.05) is 10.5 Å². The van der Waals surface area contributed by atoms with Crippen LogP contribution in [0, 0.1) is 5.82 Å². The van der Waals surface area contributed by atoms with Gasteiger partial charge in [-0.25, -0.2) is 12.8 Å². The summed E-state index contributed by atoms with van der Waals surface area (Å²) in [6.45, 7) is 0. The Balaban J connectivity index is 2.45. The molecule has 0 fully saturated rings. The van der Waals surface area contributed by atoms with Crippen LogP contribution in [0.2, 0.25) is 0 Å². The van der Waals surface area contributed by atoms with E-state index < -0.39 is 20.7 Å². The number of nitrogens with two attached hydrogens (primary N) is 1. The quantitative estimate of drug-likeness (QED) is 0.815. The van der Waals surface area contributed by atoms with Gasteiger partial charge in [0.2, 0.25) is 0 Å². The molecule has 0 spiro atoms. The van der Waals surface area contributed by atoms with Gasteiger partial charge in [-0.1, -0.05) is 10.6 Å². The van der Waals surface area contributed by atoms with Crippen LogP contribution in [0.25, 0.3) is 0 Å². The molecule has 0 aliphatic carbocycles. The van der Waals surface area contributed by atoms with E-state index in [4.69, 9.17) is 5.73 Å². The Labute approximate surface area is 100 Å². The molecule has 0 saturated heterocycles. The summed E-state index contributed by atoms with van der Waals surface area (Å²) in [5, 5.41) is 3.65. The number of sulfonamides is 1. The Morgan fingerprint density at radius 1 is 1.41 bits per heavy atom. The molecule has 1 aromatic heterocycles. The van der Waals surface area contributed by atoms with Crippen LogP contribution in [-0.4, -0.2) is 18.0 Å². The zero-order valence-corrected chi connectivity index (χ0v) is 9.93. The summed E-state index contributed by atoms with van der Waals surface area (Å²) in [4.78, 5) is -0.576. The molecule has 1 heterocycles. The van der Waals surface area contributed by atoms with E-state index in [9.17, 15) is 12.8 Å². The van der Waals surface area contributed by atoms with E-state index >= 15 is 0 Å².